The molecule has 3 rings (SSSR count). The van der Waals surface area contributed by atoms with E-state index in [1.165, 1.54) is 22.5 Å². The standard InChI is InChI=1S/C17H24N4/c1-4-21(5-2)14-8-6-13(7-9-14)17-15-12-20(3)11-10-16(15)18-19-17/h6-9H,4-5,10-12H2,1-3H3,(H,18,19). The molecule has 0 saturated heterocycles. The molecule has 2 aromatic rings. The molecule has 4 nitrogen and oxygen atoms in total. The highest BCUT2D eigenvalue weighted by Gasteiger charge is 2.20. The van der Waals surface area contributed by atoms with Gasteiger partial charge < -0.3 is 9.80 Å². The van der Waals surface area contributed by atoms with E-state index in [1.807, 2.05) is 0 Å². The highest BCUT2D eigenvalue weighted by atomic mass is 15.2. The van der Waals surface area contributed by atoms with E-state index in [0.29, 0.717) is 0 Å². The second-order valence-corrected chi connectivity index (χ2v) is 5.74. The number of nitrogens with one attached hydrogen (secondary N) is 1. The van der Waals surface area contributed by atoms with Crippen LogP contribution in [0, 0.1) is 0 Å². The van der Waals surface area contributed by atoms with E-state index in [0.717, 1.165) is 38.3 Å². The summed E-state index contributed by atoms with van der Waals surface area (Å²) < 4.78 is 0. The van der Waals surface area contributed by atoms with Crippen molar-refractivity contribution in [3.05, 3.63) is 35.5 Å². The lowest BCUT2D eigenvalue weighted by Crippen LogP contribution is -2.26. The van der Waals surface area contributed by atoms with E-state index < -0.39 is 0 Å². The van der Waals surface area contributed by atoms with Gasteiger partial charge in [-0.3, -0.25) is 5.10 Å². The largest absolute Gasteiger partial charge is 0.372 e. The molecule has 1 aromatic heterocycles. The Balaban J connectivity index is 1.90. The normalized spacial score (nSPS) is 15.0. The molecular weight excluding hydrogens is 260 g/mol. The van der Waals surface area contributed by atoms with Crippen LogP contribution in [0.25, 0.3) is 11.3 Å². The summed E-state index contributed by atoms with van der Waals surface area (Å²) in [6, 6.07) is 8.79. The number of hydrogen-bond acceptors (Lipinski definition) is 3. The van der Waals surface area contributed by atoms with Gasteiger partial charge in [-0.2, -0.15) is 5.10 Å². The first-order valence-corrected chi connectivity index (χ1v) is 7.83. The van der Waals surface area contributed by atoms with E-state index in [-0.39, 0.29) is 0 Å². The predicted octanol–water partition coefficient (Wildman–Crippen LogP) is 2.91. The number of hydrogen-bond donors (Lipinski definition) is 1. The lowest BCUT2D eigenvalue weighted by atomic mass is 10.0. The fourth-order valence-electron chi connectivity index (χ4n) is 3.09. The topological polar surface area (TPSA) is 35.2 Å². The van der Waals surface area contributed by atoms with Gasteiger partial charge in [0.05, 0.1) is 5.69 Å². The number of aromatic amines is 1. The second-order valence-electron chi connectivity index (χ2n) is 5.74. The van der Waals surface area contributed by atoms with Crippen LogP contribution in [-0.2, 0) is 13.0 Å². The summed E-state index contributed by atoms with van der Waals surface area (Å²) in [6.45, 7) is 8.56. The molecule has 0 saturated carbocycles. The van der Waals surface area contributed by atoms with Gasteiger partial charge in [0.1, 0.15) is 0 Å². The molecule has 0 fully saturated rings. The van der Waals surface area contributed by atoms with Gasteiger partial charge in [0.25, 0.3) is 0 Å². The minimum atomic E-state index is 0.985. The van der Waals surface area contributed by atoms with Gasteiger partial charge in [-0.15, -0.1) is 0 Å². The van der Waals surface area contributed by atoms with Crippen LogP contribution in [0.3, 0.4) is 0 Å². The Morgan fingerprint density at radius 3 is 2.57 bits per heavy atom. The van der Waals surface area contributed by atoms with Crippen LogP contribution in [0.5, 0.6) is 0 Å². The first-order chi connectivity index (χ1) is 10.2. The van der Waals surface area contributed by atoms with Gasteiger partial charge in [-0.1, -0.05) is 12.1 Å². The van der Waals surface area contributed by atoms with Gasteiger partial charge in [0, 0.05) is 55.1 Å². The Labute approximate surface area is 126 Å². The fourth-order valence-corrected chi connectivity index (χ4v) is 3.09. The average Bonchev–Trinajstić information content (AvgIpc) is 2.92. The minimum Gasteiger partial charge on any atom is -0.372 e. The molecule has 1 N–H and O–H groups in total. The van der Waals surface area contributed by atoms with Crippen molar-refractivity contribution in [2.75, 3.05) is 31.6 Å². The molecule has 112 valence electrons. The molecule has 0 atom stereocenters. The van der Waals surface area contributed by atoms with E-state index in [2.05, 4.69) is 65.2 Å². The van der Waals surface area contributed by atoms with Crippen LogP contribution in [0.4, 0.5) is 5.69 Å². The first-order valence-electron chi connectivity index (χ1n) is 7.83. The zero-order chi connectivity index (χ0) is 14.8. The van der Waals surface area contributed by atoms with Crippen molar-refractivity contribution in [1.29, 1.82) is 0 Å². The Morgan fingerprint density at radius 2 is 1.90 bits per heavy atom. The molecule has 0 unspecified atom stereocenters. The zero-order valence-corrected chi connectivity index (χ0v) is 13.2. The monoisotopic (exact) mass is 284 g/mol. The van der Waals surface area contributed by atoms with Crippen LogP contribution in [-0.4, -0.2) is 41.8 Å². The van der Waals surface area contributed by atoms with E-state index in [4.69, 9.17) is 0 Å². The van der Waals surface area contributed by atoms with Crippen molar-refractivity contribution < 1.29 is 0 Å². The number of H-pyrrole nitrogens is 1. The summed E-state index contributed by atoms with van der Waals surface area (Å²) in [5, 5.41) is 7.77. The first kappa shape index (κ1) is 14.1. The molecule has 21 heavy (non-hydrogen) atoms. The summed E-state index contributed by atoms with van der Waals surface area (Å²) in [6.07, 6.45) is 1.07. The molecule has 0 amide bonds. The van der Waals surface area contributed by atoms with Crippen LogP contribution in [0.2, 0.25) is 0 Å². The molecule has 0 radical (unpaired) electrons. The van der Waals surface area contributed by atoms with E-state index in [1.54, 1.807) is 0 Å². The number of nitrogens with zero attached hydrogens (tertiary/aromatic N) is 3. The molecule has 0 aliphatic carbocycles. The summed E-state index contributed by atoms with van der Waals surface area (Å²) in [4.78, 5) is 4.71. The number of benzene rings is 1. The molecule has 1 aliphatic rings. The zero-order valence-electron chi connectivity index (χ0n) is 13.2. The Hall–Kier alpha value is -1.81. The molecule has 0 spiro atoms. The van der Waals surface area contributed by atoms with Gasteiger partial charge >= 0.3 is 0 Å². The van der Waals surface area contributed by atoms with Crippen molar-refractivity contribution in [2.24, 2.45) is 0 Å². The third-order valence-electron chi connectivity index (χ3n) is 4.39. The lowest BCUT2D eigenvalue weighted by molar-refractivity contribution is 0.312. The fraction of sp³-hybridized carbons (Fsp3) is 0.471. The van der Waals surface area contributed by atoms with Crippen LogP contribution in [0.1, 0.15) is 25.1 Å². The number of anilines is 1. The third-order valence-corrected chi connectivity index (χ3v) is 4.39. The summed E-state index contributed by atoms with van der Waals surface area (Å²) in [7, 11) is 2.17. The Bertz CT molecular complexity index is 596. The van der Waals surface area contributed by atoms with Gasteiger partial charge in [-0.05, 0) is 33.0 Å². The summed E-state index contributed by atoms with van der Waals surface area (Å²) >= 11 is 0. The predicted molar refractivity (Wildman–Crippen MR) is 87.6 cm³/mol. The second kappa shape index (κ2) is 5.90. The van der Waals surface area contributed by atoms with Crippen LogP contribution >= 0.6 is 0 Å². The maximum absolute atomic E-state index is 4.55. The SMILES string of the molecule is CCN(CC)c1ccc(-c2n[nH]c3c2CN(C)CC3)cc1. The van der Waals surface area contributed by atoms with Gasteiger partial charge in [0.2, 0.25) is 0 Å². The summed E-state index contributed by atoms with van der Waals surface area (Å²) in [5.41, 5.74) is 6.27. The highest BCUT2D eigenvalue weighted by Crippen LogP contribution is 2.29. The van der Waals surface area contributed by atoms with Crippen molar-refractivity contribution in [3.8, 4) is 11.3 Å². The number of fused-ring (bicyclic) bond motifs is 1. The van der Waals surface area contributed by atoms with Crippen molar-refractivity contribution in [3.63, 3.8) is 0 Å². The molecule has 0 bridgehead atoms. The van der Waals surface area contributed by atoms with Crippen LogP contribution in [0.15, 0.2) is 24.3 Å². The smallest absolute Gasteiger partial charge is 0.0968 e. The molecule has 2 heterocycles. The van der Waals surface area contributed by atoms with Crippen molar-refractivity contribution in [1.82, 2.24) is 15.1 Å². The number of aromatic nitrogens is 2. The van der Waals surface area contributed by atoms with Gasteiger partial charge in [-0.25, -0.2) is 0 Å². The highest BCUT2D eigenvalue weighted by molar-refractivity contribution is 5.67. The number of likely N-dealkylation sites (N-methyl/N-ethyl adjacent to an activating group) is 1. The number of rotatable bonds is 4. The Morgan fingerprint density at radius 1 is 1.19 bits per heavy atom. The van der Waals surface area contributed by atoms with Gasteiger partial charge in [0.15, 0.2) is 0 Å². The minimum absolute atomic E-state index is 0.985. The Kier molecular flexibility index (Phi) is 3.97. The molecule has 1 aromatic carbocycles. The quantitative estimate of drug-likeness (QED) is 0.937. The average molecular weight is 284 g/mol. The third kappa shape index (κ3) is 2.68. The van der Waals surface area contributed by atoms with Crippen molar-refractivity contribution in [2.45, 2.75) is 26.8 Å². The van der Waals surface area contributed by atoms with E-state index in [9.17, 15) is 0 Å². The summed E-state index contributed by atoms with van der Waals surface area (Å²) in [5.74, 6) is 0. The molecular formula is C17H24N4. The van der Waals surface area contributed by atoms with E-state index >= 15 is 0 Å². The van der Waals surface area contributed by atoms with Crippen molar-refractivity contribution >= 4 is 5.69 Å². The molecule has 4 heteroatoms. The maximum Gasteiger partial charge on any atom is 0.0968 e. The lowest BCUT2D eigenvalue weighted by Gasteiger charge is -2.23. The molecule has 1 aliphatic heterocycles. The maximum atomic E-state index is 4.55. The van der Waals surface area contributed by atoms with Crippen LogP contribution < -0.4 is 4.90 Å².